The van der Waals surface area contributed by atoms with Gasteiger partial charge in [0.2, 0.25) is 0 Å². The van der Waals surface area contributed by atoms with Crippen LogP contribution in [0.15, 0.2) is 65.3 Å². The maximum Gasteiger partial charge on any atom is 0.138 e. The van der Waals surface area contributed by atoms with E-state index >= 15 is 0 Å². The molecule has 0 amide bonds. The summed E-state index contributed by atoms with van der Waals surface area (Å²) in [5, 5.41) is 1.17. The molecule has 0 aliphatic heterocycles. The lowest BCUT2D eigenvalue weighted by atomic mass is 9.87. The van der Waals surface area contributed by atoms with Gasteiger partial charge in [-0.25, -0.2) is 0 Å². The Balaban J connectivity index is 1.59. The van der Waals surface area contributed by atoms with Crippen molar-refractivity contribution in [3.63, 3.8) is 0 Å². The van der Waals surface area contributed by atoms with Gasteiger partial charge >= 0.3 is 0 Å². The van der Waals surface area contributed by atoms with E-state index in [1.165, 1.54) is 22.1 Å². The Morgan fingerprint density at radius 3 is 2.48 bits per heavy atom. The van der Waals surface area contributed by atoms with Crippen molar-refractivity contribution >= 4 is 17.0 Å². The first kappa shape index (κ1) is 17.5. The van der Waals surface area contributed by atoms with Crippen LogP contribution in [0, 0.1) is 0 Å². The summed E-state index contributed by atoms with van der Waals surface area (Å²) in [6.45, 7) is 8.50. The molecule has 2 aromatic carbocycles. The van der Waals surface area contributed by atoms with E-state index in [1.807, 2.05) is 6.07 Å². The normalized spacial score (nSPS) is 12.5. The summed E-state index contributed by atoms with van der Waals surface area (Å²) < 4.78 is 5.62. The van der Waals surface area contributed by atoms with E-state index in [9.17, 15) is 0 Å². The van der Waals surface area contributed by atoms with Gasteiger partial charge in [-0.05, 0) is 29.7 Å². The lowest BCUT2D eigenvalue weighted by Crippen LogP contribution is -2.17. The first-order valence-electron chi connectivity index (χ1n) is 8.84. The number of benzene rings is 2. The molecule has 0 fully saturated rings. The summed E-state index contributed by atoms with van der Waals surface area (Å²) in [5.74, 6) is 0. The maximum atomic E-state index is 5.62. The third-order valence-electron chi connectivity index (χ3n) is 4.50. The van der Waals surface area contributed by atoms with Crippen molar-refractivity contribution in [1.82, 2.24) is 4.90 Å². The first-order valence-corrected chi connectivity index (χ1v) is 8.84. The number of hydrogen-bond acceptors (Lipinski definition) is 2. The maximum absolute atomic E-state index is 5.62. The topological polar surface area (TPSA) is 16.4 Å². The van der Waals surface area contributed by atoms with Gasteiger partial charge in [-0.2, -0.15) is 0 Å². The fourth-order valence-electron chi connectivity index (χ4n) is 3.00. The number of likely N-dealkylation sites (N-methyl/N-ethyl adjacent to an activating group) is 1. The molecule has 25 heavy (non-hydrogen) atoms. The molecule has 0 unspecified atom stereocenters. The van der Waals surface area contributed by atoms with E-state index in [2.05, 4.69) is 87.3 Å². The van der Waals surface area contributed by atoms with E-state index in [-0.39, 0.29) is 5.41 Å². The van der Waals surface area contributed by atoms with Gasteiger partial charge in [-0.1, -0.05) is 75.4 Å². The highest BCUT2D eigenvalue weighted by molar-refractivity contribution is 5.80. The molecule has 1 aromatic heterocycles. The van der Waals surface area contributed by atoms with Crippen molar-refractivity contribution in [2.24, 2.45) is 0 Å². The van der Waals surface area contributed by atoms with Crippen LogP contribution in [0.1, 0.15) is 37.5 Å². The van der Waals surface area contributed by atoms with Crippen molar-refractivity contribution in [3.05, 3.63) is 77.6 Å². The third kappa shape index (κ3) is 4.40. The standard InChI is InChI=1S/C23H27NO/c1-23(2,3)21-12-10-18(11-13-21)7-6-15-24(4)17-20-9-5-8-19-14-16-25-22(19)20/h5-14,16H,15,17H2,1-4H3/b7-6+. The molecular weight excluding hydrogens is 306 g/mol. The van der Waals surface area contributed by atoms with Crippen LogP contribution in [0.2, 0.25) is 0 Å². The van der Waals surface area contributed by atoms with Crippen LogP contribution in [0.3, 0.4) is 0 Å². The summed E-state index contributed by atoms with van der Waals surface area (Å²) in [6.07, 6.45) is 6.17. The molecule has 0 saturated carbocycles. The van der Waals surface area contributed by atoms with Gasteiger partial charge in [0.25, 0.3) is 0 Å². The predicted octanol–water partition coefficient (Wildman–Crippen LogP) is 5.88. The smallest absolute Gasteiger partial charge is 0.138 e. The van der Waals surface area contributed by atoms with E-state index in [4.69, 9.17) is 4.42 Å². The number of furan rings is 1. The quantitative estimate of drug-likeness (QED) is 0.580. The van der Waals surface area contributed by atoms with Crippen molar-refractivity contribution in [2.45, 2.75) is 32.7 Å². The molecule has 130 valence electrons. The molecule has 3 aromatic rings. The van der Waals surface area contributed by atoms with Gasteiger partial charge in [0.1, 0.15) is 5.58 Å². The highest BCUT2D eigenvalue weighted by atomic mass is 16.3. The Bertz CT molecular complexity index is 850. The largest absolute Gasteiger partial charge is 0.464 e. The molecule has 1 heterocycles. The minimum Gasteiger partial charge on any atom is -0.464 e. The Morgan fingerprint density at radius 1 is 1.00 bits per heavy atom. The fraction of sp³-hybridized carbons (Fsp3) is 0.304. The molecule has 3 rings (SSSR count). The van der Waals surface area contributed by atoms with E-state index < -0.39 is 0 Å². The minimum atomic E-state index is 0.204. The summed E-state index contributed by atoms with van der Waals surface area (Å²) in [6, 6.07) is 17.2. The summed E-state index contributed by atoms with van der Waals surface area (Å²) in [7, 11) is 2.13. The van der Waals surface area contributed by atoms with Crippen LogP contribution in [-0.4, -0.2) is 18.5 Å². The average molecular weight is 333 g/mol. The predicted molar refractivity (Wildman–Crippen MR) is 107 cm³/mol. The van der Waals surface area contributed by atoms with Crippen LogP contribution >= 0.6 is 0 Å². The van der Waals surface area contributed by atoms with Gasteiger partial charge in [0.05, 0.1) is 6.26 Å². The monoisotopic (exact) mass is 333 g/mol. The molecule has 0 N–H and O–H groups in total. The average Bonchev–Trinajstić information content (AvgIpc) is 3.04. The van der Waals surface area contributed by atoms with E-state index in [1.54, 1.807) is 6.26 Å². The number of hydrogen-bond donors (Lipinski definition) is 0. The first-order chi connectivity index (χ1) is 11.9. The van der Waals surface area contributed by atoms with Crippen molar-refractivity contribution in [3.8, 4) is 0 Å². The Hall–Kier alpha value is -2.32. The molecule has 0 atom stereocenters. The van der Waals surface area contributed by atoms with Crippen LogP contribution in [-0.2, 0) is 12.0 Å². The zero-order valence-electron chi connectivity index (χ0n) is 15.6. The summed E-state index contributed by atoms with van der Waals surface area (Å²) in [5.41, 5.74) is 5.04. The molecule has 0 radical (unpaired) electrons. The second-order valence-electron chi connectivity index (χ2n) is 7.73. The van der Waals surface area contributed by atoms with Crippen LogP contribution in [0.5, 0.6) is 0 Å². The number of rotatable bonds is 5. The number of fused-ring (bicyclic) bond motifs is 1. The molecule has 0 spiro atoms. The fourth-order valence-corrected chi connectivity index (χ4v) is 3.00. The second-order valence-corrected chi connectivity index (χ2v) is 7.73. The van der Waals surface area contributed by atoms with Crippen molar-refractivity contribution in [1.29, 1.82) is 0 Å². The van der Waals surface area contributed by atoms with Gasteiger partial charge in [-0.15, -0.1) is 0 Å². The second kappa shape index (κ2) is 7.28. The van der Waals surface area contributed by atoms with Crippen LogP contribution < -0.4 is 0 Å². The summed E-state index contributed by atoms with van der Waals surface area (Å²) >= 11 is 0. The van der Waals surface area contributed by atoms with Crippen LogP contribution in [0.25, 0.3) is 17.0 Å². The molecular formula is C23H27NO. The molecule has 0 saturated heterocycles. The van der Waals surface area contributed by atoms with Gasteiger partial charge in [-0.3, -0.25) is 4.90 Å². The van der Waals surface area contributed by atoms with Gasteiger partial charge in [0, 0.05) is 24.0 Å². The Labute approximate surface area is 150 Å². The van der Waals surface area contributed by atoms with Crippen LogP contribution in [0.4, 0.5) is 0 Å². The lowest BCUT2D eigenvalue weighted by molar-refractivity contribution is 0.363. The highest BCUT2D eigenvalue weighted by Crippen LogP contribution is 2.23. The lowest BCUT2D eigenvalue weighted by Gasteiger charge is -2.18. The zero-order valence-corrected chi connectivity index (χ0v) is 15.6. The third-order valence-corrected chi connectivity index (χ3v) is 4.50. The highest BCUT2D eigenvalue weighted by Gasteiger charge is 2.12. The molecule has 2 nitrogen and oxygen atoms in total. The van der Waals surface area contributed by atoms with Gasteiger partial charge < -0.3 is 4.42 Å². The molecule has 0 bridgehead atoms. The molecule has 0 aliphatic carbocycles. The van der Waals surface area contributed by atoms with Crippen molar-refractivity contribution < 1.29 is 4.42 Å². The van der Waals surface area contributed by atoms with E-state index in [0.29, 0.717) is 0 Å². The van der Waals surface area contributed by atoms with E-state index in [0.717, 1.165) is 18.7 Å². The SMILES string of the molecule is CN(C/C=C/c1ccc(C(C)(C)C)cc1)Cc1cccc2ccoc12. The minimum absolute atomic E-state index is 0.204. The summed E-state index contributed by atoms with van der Waals surface area (Å²) in [4.78, 5) is 2.29. The Kier molecular flexibility index (Phi) is 5.10. The zero-order chi connectivity index (χ0) is 17.9. The van der Waals surface area contributed by atoms with Gasteiger partial charge in [0.15, 0.2) is 0 Å². The molecule has 0 aliphatic rings. The Morgan fingerprint density at radius 2 is 1.76 bits per heavy atom. The molecule has 2 heteroatoms. The number of para-hydroxylation sites is 1. The number of nitrogens with zero attached hydrogens (tertiary/aromatic N) is 1. The van der Waals surface area contributed by atoms with Crippen molar-refractivity contribution in [2.75, 3.05) is 13.6 Å².